The van der Waals surface area contributed by atoms with E-state index in [2.05, 4.69) is 18.7 Å². The molecule has 0 radical (unpaired) electrons. The molecule has 0 fully saturated rings. The molecule has 0 aromatic heterocycles. The predicted molar refractivity (Wildman–Crippen MR) is 135 cm³/mol. The fourth-order valence-electron chi connectivity index (χ4n) is 3.87. The van der Waals surface area contributed by atoms with Gasteiger partial charge in [0.2, 0.25) is 0 Å². The zero-order valence-electron chi connectivity index (χ0n) is 19.7. The van der Waals surface area contributed by atoms with Crippen molar-refractivity contribution in [2.75, 3.05) is 13.1 Å². The van der Waals surface area contributed by atoms with E-state index in [9.17, 15) is 0 Å². The molecule has 29 heavy (non-hydrogen) atoms. The van der Waals surface area contributed by atoms with Crippen molar-refractivity contribution < 1.29 is 21.1 Å². The van der Waals surface area contributed by atoms with Crippen LogP contribution in [0.5, 0.6) is 0 Å². The standard InChI is InChI=1S/C25H51NS2.Mo/c1-3-5-7-9-11-13-15-17-19-21-23-26(25(27)28)24-22-20-18-16-14-12-10-8-6-4-2;/h3-24H2,1-2H3,(H,27,28);/p-1. The zero-order chi connectivity index (χ0) is 20.7. The Labute approximate surface area is 209 Å². The fraction of sp³-hybridized carbons (Fsp3) is 0.960. The number of hydrogen-bond acceptors (Lipinski definition) is 2. The van der Waals surface area contributed by atoms with Crippen LogP contribution in [0.2, 0.25) is 0 Å². The van der Waals surface area contributed by atoms with Crippen molar-refractivity contribution in [3.8, 4) is 0 Å². The molecule has 0 aromatic carbocycles. The average molecular weight is 525 g/mol. The van der Waals surface area contributed by atoms with E-state index in [0.29, 0.717) is 4.32 Å². The van der Waals surface area contributed by atoms with Crippen molar-refractivity contribution in [2.45, 2.75) is 142 Å². The second-order valence-corrected chi connectivity index (χ2v) is 9.65. The van der Waals surface area contributed by atoms with Crippen LogP contribution in [0.1, 0.15) is 142 Å². The Morgan fingerprint density at radius 3 is 1.00 bits per heavy atom. The summed E-state index contributed by atoms with van der Waals surface area (Å²) in [6.07, 6.45) is 27.7. The molecule has 0 aromatic rings. The minimum absolute atomic E-state index is 0. The van der Waals surface area contributed by atoms with E-state index in [0.717, 1.165) is 13.1 Å². The van der Waals surface area contributed by atoms with E-state index in [1.54, 1.807) is 0 Å². The van der Waals surface area contributed by atoms with Gasteiger partial charge in [0.1, 0.15) is 0 Å². The van der Waals surface area contributed by atoms with Crippen molar-refractivity contribution in [3.05, 3.63) is 0 Å². The molecule has 4 heteroatoms. The van der Waals surface area contributed by atoms with Crippen LogP contribution < -0.4 is 0 Å². The number of nitrogens with zero attached hydrogens (tertiary/aromatic N) is 1. The smallest absolute Gasteiger partial charge is 0.0162 e. The Morgan fingerprint density at radius 2 is 0.759 bits per heavy atom. The number of hydrogen-bond donors (Lipinski definition) is 0. The minimum Gasteiger partial charge on any atom is -0.411 e. The first-order valence-electron chi connectivity index (χ1n) is 12.7. The van der Waals surface area contributed by atoms with Crippen LogP contribution in [0.4, 0.5) is 0 Å². The van der Waals surface area contributed by atoms with Gasteiger partial charge in [-0.2, -0.15) is 0 Å². The van der Waals surface area contributed by atoms with Gasteiger partial charge in [-0.05, 0) is 12.8 Å². The molecule has 0 aliphatic heterocycles. The molecular formula is C25H50MoNS2-. The second kappa shape index (κ2) is 26.8. The van der Waals surface area contributed by atoms with Gasteiger partial charge in [-0.25, -0.2) is 0 Å². The van der Waals surface area contributed by atoms with Gasteiger partial charge in [0.05, 0.1) is 0 Å². The van der Waals surface area contributed by atoms with Crippen molar-refractivity contribution >= 4 is 29.2 Å². The Bertz CT molecular complexity index is 302. The molecule has 0 unspecified atom stereocenters. The van der Waals surface area contributed by atoms with Crippen molar-refractivity contribution in [3.63, 3.8) is 0 Å². The predicted octanol–water partition coefficient (Wildman–Crippen LogP) is 8.96. The van der Waals surface area contributed by atoms with Gasteiger partial charge in [-0.3, -0.25) is 0 Å². The molecule has 0 spiro atoms. The Hall–Kier alpha value is 0.798. The summed E-state index contributed by atoms with van der Waals surface area (Å²) < 4.78 is 0.687. The van der Waals surface area contributed by atoms with Crippen LogP contribution in [0, 0.1) is 0 Å². The van der Waals surface area contributed by atoms with Crippen molar-refractivity contribution in [1.82, 2.24) is 4.90 Å². The van der Waals surface area contributed by atoms with Crippen LogP contribution in [0.25, 0.3) is 0 Å². The molecule has 0 rings (SSSR count). The monoisotopic (exact) mass is 526 g/mol. The van der Waals surface area contributed by atoms with Gasteiger partial charge in [0.25, 0.3) is 0 Å². The van der Waals surface area contributed by atoms with E-state index in [-0.39, 0.29) is 21.1 Å². The van der Waals surface area contributed by atoms with E-state index in [4.69, 9.17) is 24.8 Å². The van der Waals surface area contributed by atoms with Crippen LogP contribution >= 0.6 is 12.2 Å². The van der Waals surface area contributed by atoms with Crippen LogP contribution in [-0.2, 0) is 33.7 Å². The Kier molecular flexibility index (Phi) is 29.6. The van der Waals surface area contributed by atoms with Crippen molar-refractivity contribution in [1.29, 1.82) is 0 Å². The normalized spacial score (nSPS) is 10.7. The fourth-order valence-corrected chi connectivity index (χ4v) is 4.24. The topological polar surface area (TPSA) is 3.24 Å². The quantitative estimate of drug-likeness (QED) is 0.0602. The molecule has 0 saturated heterocycles. The van der Waals surface area contributed by atoms with Crippen molar-refractivity contribution in [2.24, 2.45) is 0 Å². The summed E-state index contributed by atoms with van der Waals surface area (Å²) in [6, 6.07) is 0. The SMILES string of the molecule is CCCCCCCCCCCCN(CCCCCCCCCCCC)C(=S)[S-].[Mo]. The van der Waals surface area contributed by atoms with Gasteiger partial charge < -0.3 is 29.7 Å². The molecule has 0 atom stereocenters. The summed E-state index contributed by atoms with van der Waals surface area (Å²) >= 11 is 10.6. The average Bonchev–Trinajstić information content (AvgIpc) is 2.68. The second-order valence-electron chi connectivity index (χ2n) is 8.62. The number of rotatable bonds is 22. The molecule has 0 bridgehead atoms. The van der Waals surface area contributed by atoms with E-state index in [1.807, 2.05) is 0 Å². The molecule has 1 nitrogen and oxygen atoms in total. The van der Waals surface area contributed by atoms with Crippen LogP contribution in [-0.4, -0.2) is 22.3 Å². The third-order valence-corrected chi connectivity index (χ3v) is 6.34. The summed E-state index contributed by atoms with van der Waals surface area (Å²) in [5, 5.41) is 0. The molecule has 174 valence electrons. The van der Waals surface area contributed by atoms with E-state index >= 15 is 0 Å². The maximum atomic E-state index is 5.30. The maximum Gasteiger partial charge on any atom is 0.0162 e. The van der Waals surface area contributed by atoms with Crippen LogP contribution in [0.3, 0.4) is 0 Å². The molecule has 0 aliphatic carbocycles. The molecule has 0 N–H and O–H groups in total. The van der Waals surface area contributed by atoms with E-state index < -0.39 is 0 Å². The van der Waals surface area contributed by atoms with Gasteiger partial charge >= 0.3 is 0 Å². The zero-order valence-corrected chi connectivity index (χ0v) is 23.4. The molecule has 0 heterocycles. The number of unbranched alkanes of at least 4 members (excludes halogenated alkanes) is 18. The summed E-state index contributed by atoms with van der Waals surface area (Å²) in [5.74, 6) is 0. The largest absolute Gasteiger partial charge is 0.411 e. The Morgan fingerprint density at radius 1 is 0.517 bits per heavy atom. The molecule has 0 amide bonds. The molecular weight excluding hydrogens is 474 g/mol. The first kappa shape index (κ1) is 32.0. The summed E-state index contributed by atoms with van der Waals surface area (Å²) in [7, 11) is 0. The third kappa shape index (κ3) is 24.9. The molecule has 0 aliphatic rings. The van der Waals surface area contributed by atoms with Crippen LogP contribution in [0.15, 0.2) is 0 Å². The summed E-state index contributed by atoms with van der Waals surface area (Å²) in [5.41, 5.74) is 0. The van der Waals surface area contributed by atoms with Gasteiger partial charge in [0.15, 0.2) is 0 Å². The number of thiocarbonyl (C=S) groups is 1. The minimum atomic E-state index is 0. The maximum absolute atomic E-state index is 5.30. The first-order valence-corrected chi connectivity index (χ1v) is 13.5. The molecule has 0 saturated carbocycles. The first-order chi connectivity index (χ1) is 13.7. The Balaban J connectivity index is 0. The summed E-state index contributed by atoms with van der Waals surface area (Å²) in [4.78, 5) is 2.28. The summed E-state index contributed by atoms with van der Waals surface area (Å²) in [6.45, 7) is 6.73. The van der Waals surface area contributed by atoms with Gasteiger partial charge in [-0.1, -0.05) is 134 Å². The van der Waals surface area contributed by atoms with Gasteiger partial charge in [-0.15, -0.1) is 0 Å². The third-order valence-electron chi connectivity index (χ3n) is 5.82. The van der Waals surface area contributed by atoms with E-state index in [1.165, 1.54) is 128 Å². The van der Waals surface area contributed by atoms with Gasteiger partial charge in [0, 0.05) is 34.2 Å².